The number of barbiturate groups is 1. The number of ether oxygens (including phenoxy) is 1. The van der Waals surface area contributed by atoms with Crippen LogP contribution >= 0.6 is 11.6 Å². The number of halogens is 1. The second kappa shape index (κ2) is 7.21. The molecule has 0 aliphatic carbocycles. The van der Waals surface area contributed by atoms with Gasteiger partial charge < -0.3 is 14.2 Å². The first-order valence-electron chi connectivity index (χ1n) is 10.8. The average molecular weight is 483 g/mol. The molecule has 1 spiro atoms. The summed E-state index contributed by atoms with van der Waals surface area (Å²) in [5, 5.41) is 17.4. The van der Waals surface area contributed by atoms with E-state index >= 15 is 0 Å². The maximum absolute atomic E-state index is 13.3. The minimum Gasteiger partial charge on any atom is -0.372 e. The number of fused-ring (bicyclic) bond motifs is 5. The first-order valence-corrected chi connectivity index (χ1v) is 11.2. The molecule has 0 bridgehead atoms. The van der Waals surface area contributed by atoms with Gasteiger partial charge in [-0.3, -0.25) is 20.2 Å². The molecule has 3 aromatic rings. The first-order chi connectivity index (χ1) is 16.3. The Kier molecular flexibility index (Phi) is 4.45. The number of rotatable bonds is 1. The molecule has 3 atom stereocenters. The Morgan fingerprint density at radius 2 is 1.94 bits per heavy atom. The maximum atomic E-state index is 13.3. The number of hydrogen-bond acceptors (Lipinski definition) is 9. The predicted molar refractivity (Wildman–Crippen MR) is 119 cm³/mol. The van der Waals surface area contributed by atoms with Crippen molar-refractivity contribution in [3.05, 3.63) is 35.1 Å². The van der Waals surface area contributed by atoms with Gasteiger partial charge in [0.1, 0.15) is 10.7 Å². The largest absolute Gasteiger partial charge is 0.372 e. The molecule has 5 heterocycles. The number of carbonyl (C=O) groups excluding carboxylic acids is 3. The Hall–Kier alpha value is -3.57. The maximum Gasteiger partial charge on any atom is 0.328 e. The van der Waals surface area contributed by atoms with Gasteiger partial charge in [-0.05, 0) is 38.0 Å². The van der Waals surface area contributed by atoms with Crippen LogP contribution < -0.4 is 15.5 Å². The number of morpholine rings is 1. The number of amides is 4. The van der Waals surface area contributed by atoms with E-state index in [2.05, 4.69) is 26.0 Å². The highest BCUT2D eigenvalue weighted by Gasteiger charge is 2.63. The monoisotopic (exact) mass is 482 g/mol. The Labute approximate surface area is 197 Å². The molecule has 0 saturated carbocycles. The van der Waals surface area contributed by atoms with Crippen molar-refractivity contribution in [3.8, 4) is 11.3 Å². The van der Waals surface area contributed by atoms with Crippen molar-refractivity contribution in [1.82, 2.24) is 26.0 Å². The molecule has 3 aliphatic rings. The number of urea groups is 1. The SMILES string of the molecule is C[C@@H]1CN2c3c(cc4c(-c5ccnnc5)noc4c3Cl)CC3(C(=O)NC(=O)NC3=O)[C@H]2[C@H](C)O1. The predicted octanol–water partition coefficient (Wildman–Crippen LogP) is 1.83. The molecule has 2 saturated heterocycles. The summed E-state index contributed by atoms with van der Waals surface area (Å²) in [5.74, 6) is -1.32. The minimum atomic E-state index is -1.59. The van der Waals surface area contributed by atoms with Crippen LogP contribution in [0.2, 0.25) is 5.02 Å². The zero-order valence-corrected chi connectivity index (χ0v) is 18.9. The second-order valence-corrected chi connectivity index (χ2v) is 9.25. The zero-order chi connectivity index (χ0) is 23.8. The number of imide groups is 2. The van der Waals surface area contributed by atoms with Crippen LogP contribution in [0.4, 0.5) is 10.5 Å². The number of aromatic nitrogens is 3. The average Bonchev–Trinajstić information content (AvgIpc) is 3.21. The zero-order valence-electron chi connectivity index (χ0n) is 18.2. The van der Waals surface area contributed by atoms with E-state index in [4.69, 9.17) is 20.9 Å². The van der Waals surface area contributed by atoms with Gasteiger partial charge in [-0.2, -0.15) is 10.2 Å². The molecule has 1 aromatic carbocycles. The highest BCUT2D eigenvalue weighted by Crippen LogP contribution is 2.51. The first kappa shape index (κ1) is 21.0. The number of anilines is 1. The third kappa shape index (κ3) is 2.74. The molecular formula is C22H19ClN6O5. The van der Waals surface area contributed by atoms with Crippen molar-refractivity contribution in [2.24, 2.45) is 5.41 Å². The summed E-state index contributed by atoms with van der Waals surface area (Å²) < 4.78 is 11.7. The number of benzene rings is 1. The quantitative estimate of drug-likeness (QED) is 0.497. The molecule has 12 heteroatoms. The molecule has 2 aromatic heterocycles. The lowest BCUT2D eigenvalue weighted by atomic mass is 9.66. The lowest BCUT2D eigenvalue weighted by Gasteiger charge is -2.55. The number of carbonyl (C=O) groups is 3. The molecule has 11 nitrogen and oxygen atoms in total. The van der Waals surface area contributed by atoms with E-state index in [1.54, 1.807) is 18.5 Å². The van der Waals surface area contributed by atoms with Crippen molar-refractivity contribution in [2.45, 2.75) is 38.5 Å². The smallest absolute Gasteiger partial charge is 0.328 e. The van der Waals surface area contributed by atoms with Crippen LogP contribution in [0.5, 0.6) is 0 Å². The summed E-state index contributed by atoms with van der Waals surface area (Å²) in [6, 6.07) is 2.05. The van der Waals surface area contributed by atoms with Crippen molar-refractivity contribution in [3.63, 3.8) is 0 Å². The van der Waals surface area contributed by atoms with E-state index in [1.807, 2.05) is 24.8 Å². The minimum absolute atomic E-state index is 0.0192. The Morgan fingerprint density at radius 1 is 1.18 bits per heavy atom. The summed E-state index contributed by atoms with van der Waals surface area (Å²) in [4.78, 5) is 40.5. The van der Waals surface area contributed by atoms with Crippen molar-refractivity contribution >= 4 is 46.1 Å². The van der Waals surface area contributed by atoms with E-state index in [0.29, 0.717) is 45.0 Å². The van der Waals surface area contributed by atoms with Crippen LogP contribution in [0.15, 0.2) is 29.0 Å². The molecule has 2 N–H and O–H groups in total. The van der Waals surface area contributed by atoms with E-state index < -0.39 is 35.4 Å². The van der Waals surface area contributed by atoms with Crippen molar-refractivity contribution in [1.29, 1.82) is 0 Å². The fourth-order valence-electron chi connectivity index (χ4n) is 5.59. The topological polar surface area (TPSA) is 140 Å². The van der Waals surface area contributed by atoms with E-state index in [-0.39, 0.29) is 12.5 Å². The van der Waals surface area contributed by atoms with Gasteiger partial charge in [-0.15, -0.1) is 0 Å². The number of nitrogens with one attached hydrogen (secondary N) is 2. The fraction of sp³-hybridized carbons (Fsp3) is 0.364. The molecule has 174 valence electrons. The molecule has 3 aliphatic heterocycles. The van der Waals surface area contributed by atoms with Crippen molar-refractivity contribution in [2.75, 3.05) is 11.4 Å². The van der Waals surface area contributed by atoms with Gasteiger partial charge >= 0.3 is 6.03 Å². The Balaban J connectivity index is 1.61. The van der Waals surface area contributed by atoms with Crippen molar-refractivity contribution < 1.29 is 23.6 Å². The number of nitrogens with zero attached hydrogens (tertiary/aromatic N) is 4. The molecule has 6 rings (SSSR count). The third-order valence-corrected chi connectivity index (χ3v) is 7.17. The molecule has 0 unspecified atom stereocenters. The van der Waals surface area contributed by atoms with Crippen LogP contribution in [0, 0.1) is 5.41 Å². The molecule has 34 heavy (non-hydrogen) atoms. The van der Waals surface area contributed by atoms with E-state index in [1.165, 1.54) is 0 Å². The van der Waals surface area contributed by atoms with E-state index in [9.17, 15) is 14.4 Å². The summed E-state index contributed by atoms with van der Waals surface area (Å²) >= 11 is 6.90. The number of hydrogen-bond donors (Lipinski definition) is 2. The van der Waals surface area contributed by atoms with Crippen LogP contribution in [0.1, 0.15) is 19.4 Å². The standard InChI is InChI=1S/C22H19ClN6O5/c1-9-8-29-16-12(5-13-15(11-3-4-24-25-7-11)28-34-17(13)14(16)23)6-22(18(29)10(2)33-9)19(30)26-21(32)27-20(22)31/h3-5,7,9-10,18H,6,8H2,1-2H3,(H2,26,27,30,31,32)/t9-,10+,18-/m1/s1. The van der Waals surface area contributed by atoms with Gasteiger partial charge in [0.05, 0.1) is 41.7 Å². The molecule has 0 radical (unpaired) electrons. The molecule has 4 amide bonds. The van der Waals surface area contributed by atoms with Crippen LogP contribution in [-0.2, 0) is 20.7 Å². The highest BCUT2D eigenvalue weighted by atomic mass is 35.5. The summed E-state index contributed by atoms with van der Waals surface area (Å²) in [6.07, 6.45) is 2.43. The fourth-order valence-corrected chi connectivity index (χ4v) is 5.95. The summed E-state index contributed by atoms with van der Waals surface area (Å²) in [7, 11) is 0. The Morgan fingerprint density at radius 3 is 2.65 bits per heavy atom. The van der Waals surface area contributed by atoms with Gasteiger partial charge in [0.2, 0.25) is 11.8 Å². The van der Waals surface area contributed by atoms with Gasteiger partial charge in [-0.25, -0.2) is 4.79 Å². The molecular weight excluding hydrogens is 464 g/mol. The third-order valence-electron chi connectivity index (χ3n) is 6.82. The van der Waals surface area contributed by atoms with Gasteiger partial charge in [0, 0.05) is 12.1 Å². The van der Waals surface area contributed by atoms with Gasteiger partial charge in [-0.1, -0.05) is 16.8 Å². The normalized spacial score (nSPS) is 25.7. The highest BCUT2D eigenvalue weighted by molar-refractivity contribution is 6.38. The molecule has 2 fully saturated rings. The lowest BCUT2D eigenvalue weighted by molar-refractivity contribution is -0.153. The van der Waals surface area contributed by atoms with Crippen LogP contribution in [-0.4, -0.2) is 58.0 Å². The second-order valence-electron chi connectivity index (χ2n) is 8.87. The van der Waals surface area contributed by atoms with Crippen LogP contribution in [0.25, 0.3) is 22.2 Å². The Bertz CT molecular complexity index is 1360. The van der Waals surface area contributed by atoms with E-state index in [0.717, 1.165) is 0 Å². The summed E-state index contributed by atoms with van der Waals surface area (Å²) in [6.45, 7) is 4.11. The lowest BCUT2D eigenvalue weighted by Crippen LogP contribution is -2.75. The van der Waals surface area contributed by atoms with Gasteiger partial charge in [0.25, 0.3) is 0 Å². The van der Waals surface area contributed by atoms with Crippen LogP contribution in [0.3, 0.4) is 0 Å². The van der Waals surface area contributed by atoms with Gasteiger partial charge in [0.15, 0.2) is 11.0 Å². The summed E-state index contributed by atoms with van der Waals surface area (Å²) in [5.41, 5.74) is 1.33.